The summed E-state index contributed by atoms with van der Waals surface area (Å²) in [4.78, 5) is 21.0. The van der Waals surface area contributed by atoms with Crippen molar-refractivity contribution in [3.8, 4) is 0 Å². The molecule has 0 fully saturated rings. The van der Waals surface area contributed by atoms with E-state index in [1.807, 2.05) is 0 Å². The molecule has 0 radical (unpaired) electrons. The first kappa shape index (κ1) is 11.6. The van der Waals surface area contributed by atoms with Crippen LogP contribution in [0.5, 0.6) is 0 Å². The third kappa shape index (κ3) is 2.74. The van der Waals surface area contributed by atoms with Gasteiger partial charge < -0.3 is 15.3 Å². The molecule has 5 nitrogen and oxygen atoms in total. The summed E-state index contributed by atoms with van der Waals surface area (Å²) in [6.45, 7) is 0. The van der Waals surface area contributed by atoms with Crippen molar-refractivity contribution >= 4 is 11.8 Å². The highest BCUT2D eigenvalue weighted by Crippen LogP contribution is 2.23. The lowest BCUT2D eigenvalue weighted by atomic mass is 9.87. The third-order valence-electron chi connectivity index (χ3n) is 2.29. The van der Waals surface area contributed by atoms with Gasteiger partial charge in [0.25, 0.3) is 0 Å². The average molecular weight is 212 g/mol. The van der Waals surface area contributed by atoms with Gasteiger partial charge in [-0.2, -0.15) is 0 Å². The summed E-state index contributed by atoms with van der Waals surface area (Å²) in [5.41, 5.74) is -1.54. The summed E-state index contributed by atoms with van der Waals surface area (Å²) < 4.78 is 0. The summed E-state index contributed by atoms with van der Waals surface area (Å²) in [5, 5.41) is 27.6. The van der Waals surface area contributed by atoms with Crippen LogP contribution in [0.1, 0.15) is 12.8 Å². The highest BCUT2D eigenvalue weighted by atomic mass is 16.4. The van der Waals surface area contributed by atoms with Gasteiger partial charge in [-0.1, -0.05) is 24.3 Å². The lowest BCUT2D eigenvalue weighted by Gasteiger charge is -2.29. The van der Waals surface area contributed by atoms with E-state index < -0.39 is 23.5 Å². The molecule has 0 heterocycles. The van der Waals surface area contributed by atoms with E-state index in [2.05, 4.69) is 0 Å². The van der Waals surface area contributed by atoms with Crippen LogP contribution >= 0.6 is 0 Å². The van der Waals surface area contributed by atoms with Crippen LogP contribution in [0.4, 0.5) is 0 Å². The van der Waals surface area contributed by atoms with Crippen LogP contribution in [-0.2, 0) is 9.59 Å². The van der Waals surface area contributed by atoms with Crippen molar-refractivity contribution in [1.29, 1.82) is 0 Å². The predicted octanol–water partition coefficient (Wildman–Crippen LogP) is -0.362. The molecule has 82 valence electrons. The maximum atomic E-state index is 10.8. The van der Waals surface area contributed by atoms with Gasteiger partial charge in [-0.15, -0.1) is 0 Å². The molecule has 0 bridgehead atoms. The molecule has 5 heteroatoms. The summed E-state index contributed by atoms with van der Waals surface area (Å²) in [6.07, 6.45) is 4.32. The standard InChI is InChI=1S/C10H12O5/c11-7(9(13)14)4-6-10(15)5-2-1-3-8(10)12/h1-3,5,8,12,15H,4,6H2,(H,13,14). The largest absolute Gasteiger partial charge is 0.476 e. The highest BCUT2D eigenvalue weighted by molar-refractivity contribution is 6.32. The van der Waals surface area contributed by atoms with Crippen LogP contribution < -0.4 is 0 Å². The smallest absolute Gasteiger partial charge is 0.372 e. The highest BCUT2D eigenvalue weighted by Gasteiger charge is 2.33. The molecule has 3 N–H and O–H groups in total. The summed E-state index contributed by atoms with van der Waals surface area (Å²) >= 11 is 0. The normalized spacial score (nSPS) is 29.1. The van der Waals surface area contributed by atoms with Gasteiger partial charge in [0.2, 0.25) is 5.78 Å². The van der Waals surface area contributed by atoms with Crippen LogP contribution in [0.2, 0.25) is 0 Å². The second-order valence-electron chi connectivity index (χ2n) is 3.41. The Morgan fingerprint density at radius 3 is 2.53 bits per heavy atom. The van der Waals surface area contributed by atoms with Crippen molar-refractivity contribution in [2.75, 3.05) is 0 Å². The van der Waals surface area contributed by atoms with E-state index in [0.29, 0.717) is 0 Å². The number of carboxylic acids is 1. The minimum Gasteiger partial charge on any atom is -0.476 e. The van der Waals surface area contributed by atoms with E-state index >= 15 is 0 Å². The SMILES string of the molecule is O=C(O)C(=O)CCC1(O)C=CC=CC1O. The lowest BCUT2D eigenvalue weighted by Crippen LogP contribution is -2.41. The molecular weight excluding hydrogens is 200 g/mol. The molecule has 2 atom stereocenters. The van der Waals surface area contributed by atoms with E-state index in [1.165, 1.54) is 18.2 Å². The number of aliphatic carboxylic acids is 1. The zero-order valence-corrected chi connectivity index (χ0v) is 7.96. The molecule has 0 aromatic rings. The number of ketones is 1. The maximum Gasteiger partial charge on any atom is 0.372 e. The van der Waals surface area contributed by atoms with Gasteiger partial charge in [0, 0.05) is 6.42 Å². The fourth-order valence-corrected chi connectivity index (χ4v) is 1.31. The van der Waals surface area contributed by atoms with Gasteiger partial charge in [0.05, 0.1) is 0 Å². The Morgan fingerprint density at radius 2 is 2.00 bits per heavy atom. The first-order valence-electron chi connectivity index (χ1n) is 4.48. The number of Topliss-reactive ketones (excluding diaryl/α,β-unsaturated/α-hetero) is 1. The molecular formula is C10H12O5. The number of aliphatic hydroxyl groups excluding tert-OH is 1. The lowest BCUT2D eigenvalue weighted by molar-refractivity contribution is -0.149. The molecule has 0 spiro atoms. The number of hydrogen-bond donors (Lipinski definition) is 3. The summed E-state index contributed by atoms with van der Waals surface area (Å²) in [7, 11) is 0. The predicted molar refractivity (Wildman–Crippen MR) is 51.1 cm³/mol. The van der Waals surface area contributed by atoms with Crippen molar-refractivity contribution in [2.24, 2.45) is 0 Å². The van der Waals surface area contributed by atoms with E-state index in [-0.39, 0.29) is 12.8 Å². The number of allylic oxidation sites excluding steroid dienone is 2. The molecule has 0 amide bonds. The van der Waals surface area contributed by atoms with Gasteiger partial charge in [0.1, 0.15) is 11.7 Å². The zero-order valence-electron chi connectivity index (χ0n) is 7.96. The fraction of sp³-hybridized carbons (Fsp3) is 0.400. The minimum absolute atomic E-state index is 0.111. The molecule has 0 aliphatic heterocycles. The molecule has 2 unspecified atom stereocenters. The van der Waals surface area contributed by atoms with Crippen LogP contribution in [0, 0.1) is 0 Å². The maximum absolute atomic E-state index is 10.8. The number of carbonyl (C=O) groups is 2. The summed E-state index contributed by atoms with van der Waals surface area (Å²) in [6, 6.07) is 0. The molecule has 1 rings (SSSR count). The molecule has 0 aromatic heterocycles. The second-order valence-corrected chi connectivity index (χ2v) is 3.41. The van der Waals surface area contributed by atoms with Crippen molar-refractivity contribution in [1.82, 2.24) is 0 Å². The van der Waals surface area contributed by atoms with Crippen LogP contribution in [0.3, 0.4) is 0 Å². The Bertz CT molecular complexity index is 331. The van der Waals surface area contributed by atoms with Gasteiger partial charge >= 0.3 is 5.97 Å². The third-order valence-corrected chi connectivity index (χ3v) is 2.29. The van der Waals surface area contributed by atoms with E-state index in [9.17, 15) is 19.8 Å². The van der Waals surface area contributed by atoms with Gasteiger partial charge in [-0.05, 0) is 6.42 Å². The quantitative estimate of drug-likeness (QED) is 0.553. The topological polar surface area (TPSA) is 94.8 Å². The Hall–Kier alpha value is -1.46. The van der Waals surface area contributed by atoms with E-state index in [0.717, 1.165) is 0 Å². The van der Waals surface area contributed by atoms with Crippen molar-refractivity contribution in [2.45, 2.75) is 24.5 Å². The Kier molecular flexibility index (Phi) is 3.39. The molecule has 0 saturated heterocycles. The number of carboxylic acid groups (broad SMARTS) is 1. The number of hydrogen-bond acceptors (Lipinski definition) is 4. The number of carbonyl (C=O) groups excluding carboxylic acids is 1. The Morgan fingerprint density at radius 1 is 1.33 bits per heavy atom. The van der Waals surface area contributed by atoms with Crippen molar-refractivity contribution in [3.63, 3.8) is 0 Å². The van der Waals surface area contributed by atoms with Crippen LogP contribution in [-0.4, -0.2) is 38.8 Å². The molecule has 0 aromatic carbocycles. The van der Waals surface area contributed by atoms with E-state index in [1.54, 1.807) is 6.08 Å². The second kappa shape index (κ2) is 4.37. The molecule has 1 aliphatic carbocycles. The Labute approximate surface area is 86.3 Å². The van der Waals surface area contributed by atoms with Crippen LogP contribution in [0.25, 0.3) is 0 Å². The molecule has 1 aliphatic rings. The number of aliphatic hydroxyl groups is 2. The average Bonchev–Trinajstić information content (AvgIpc) is 2.19. The van der Waals surface area contributed by atoms with Gasteiger partial charge in [-0.3, -0.25) is 4.79 Å². The first-order valence-corrected chi connectivity index (χ1v) is 4.48. The van der Waals surface area contributed by atoms with Crippen LogP contribution in [0.15, 0.2) is 24.3 Å². The number of rotatable bonds is 4. The van der Waals surface area contributed by atoms with Gasteiger partial charge in [-0.25, -0.2) is 4.79 Å². The van der Waals surface area contributed by atoms with Gasteiger partial charge in [0.15, 0.2) is 0 Å². The van der Waals surface area contributed by atoms with Crippen molar-refractivity contribution in [3.05, 3.63) is 24.3 Å². The minimum atomic E-state index is -1.54. The zero-order chi connectivity index (χ0) is 11.5. The molecule has 15 heavy (non-hydrogen) atoms. The Balaban J connectivity index is 2.58. The van der Waals surface area contributed by atoms with Crippen molar-refractivity contribution < 1.29 is 24.9 Å². The first-order chi connectivity index (χ1) is 6.96. The fourth-order valence-electron chi connectivity index (χ4n) is 1.31. The molecule has 0 saturated carbocycles. The summed E-state index contributed by atoms with van der Waals surface area (Å²) in [5.74, 6) is -2.50. The van der Waals surface area contributed by atoms with E-state index in [4.69, 9.17) is 5.11 Å². The monoisotopic (exact) mass is 212 g/mol.